The highest BCUT2D eigenvalue weighted by atomic mass is 35.5. The van der Waals surface area contributed by atoms with Crippen LogP contribution in [0.2, 0.25) is 5.02 Å². The van der Waals surface area contributed by atoms with E-state index >= 15 is 0 Å². The van der Waals surface area contributed by atoms with Crippen molar-refractivity contribution in [2.45, 2.75) is 45.9 Å². The van der Waals surface area contributed by atoms with Gasteiger partial charge in [-0.15, -0.1) is 0 Å². The summed E-state index contributed by atoms with van der Waals surface area (Å²) in [6.07, 6.45) is 1.45. The second kappa shape index (κ2) is 5.60. The third kappa shape index (κ3) is 2.87. The van der Waals surface area contributed by atoms with E-state index in [0.29, 0.717) is 18.8 Å². The molecular weight excluding hydrogens is 246 g/mol. The first kappa shape index (κ1) is 13.9. The number of nitrogens with one attached hydrogen (secondary N) is 1. The van der Waals surface area contributed by atoms with Crippen molar-refractivity contribution < 1.29 is 4.74 Å². The molecule has 1 N–H and O–H groups in total. The summed E-state index contributed by atoms with van der Waals surface area (Å²) in [4.78, 5) is 0. The Balaban J connectivity index is 1.83. The molecule has 1 saturated carbocycles. The van der Waals surface area contributed by atoms with Gasteiger partial charge in [-0.3, -0.25) is 0 Å². The molecule has 1 fully saturated rings. The Bertz CT molecular complexity index is 388. The Hall–Kier alpha value is -0.570. The Morgan fingerprint density at radius 3 is 2.56 bits per heavy atom. The van der Waals surface area contributed by atoms with Gasteiger partial charge < -0.3 is 10.1 Å². The van der Waals surface area contributed by atoms with E-state index in [4.69, 9.17) is 16.3 Å². The van der Waals surface area contributed by atoms with Gasteiger partial charge in [-0.25, -0.2) is 0 Å². The molecule has 0 heterocycles. The fraction of sp³-hybridized carbons (Fsp3) is 0.600. The van der Waals surface area contributed by atoms with Crippen LogP contribution in [-0.4, -0.2) is 18.7 Å². The molecule has 0 amide bonds. The van der Waals surface area contributed by atoms with E-state index < -0.39 is 0 Å². The van der Waals surface area contributed by atoms with E-state index in [9.17, 15) is 0 Å². The molecule has 0 bridgehead atoms. The SMILES string of the molecule is CCNC1CC(OCc2ccc(Cl)cc2)C1(C)C. The van der Waals surface area contributed by atoms with Crippen molar-refractivity contribution in [1.82, 2.24) is 5.32 Å². The first-order chi connectivity index (χ1) is 8.54. The smallest absolute Gasteiger partial charge is 0.0720 e. The fourth-order valence-electron chi connectivity index (χ4n) is 2.54. The van der Waals surface area contributed by atoms with Gasteiger partial charge in [-0.2, -0.15) is 0 Å². The molecule has 0 aliphatic heterocycles. The summed E-state index contributed by atoms with van der Waals surface area (Å²) in [5.41, 5.74) is 1.41. The van der Waals surface area contributed by atoms with E-state index in [-0.39, 0.29) is 5.41 Å². The van der Waals surface area contributed by atoms with Gasteiger partial charge in [0.2, 0.25) is 0 Å². The highest BCUT2D eigenvalue weighted by Crippen LogP contribution is 2.43. The van der Waals surface area contributed by atoms with Crippen LogP contribution in [0.25, 0.3) is 0 Å². The van der Waals surface area contributed by atoms with E-state index in [1.54, 1.807) is 0 Å². The first-order valence-electron chi connectivity index (χ1n) is 6.63. The van der Waals surface area contributed by atoms with Gasteiger partial charge in [0.05, 0.1) is 12.7 Å². The monoisotopic (exact) mass is 267 g/mol. The molecule has 18 heavy (non-hydrogen) atoms. The average molecular weight is 268 g/mol. The summed E-state index contributed by atoms with van der Waals surface area (Å²) in [7, 11) is 0. The van der Waals surface area contributed by atoms with Crippen molar-refractivity contribution in [3.8, 4) is 0 Å². The summed E-state index contributed by atoms with van der Waals surface area (Å²) >= 11 is 5.86. The van der Waals surface area contributed by atoms with Crippen LogP contribution in [0, 0.1) is 5.41 Å². The summed E-state index contributed by atoms with van der Waals surface area (Å²) in [5.74, 6) is 0. The lowest BCUT2D eigenvalue weighted by Crippen LogP contribution is -2.60. The summed E-state index contributed by atoms with van der Waals surface area (Å²) in [6.45, 7) is 8.40. The minimum Gasteiger partial charge on any atom is -0.373 e. The highest BCUT2D eigenvalue weighted by molar-refractivity contribution is 6.30. The molecule has 2 unspecified atom stereocenters. The van der Waals surface area contributed by atoms with Gasteiger partial charge in [-0.1, -0.05) is 44.5 Å². The molecule has 1 aromatic rings. The summed E-state index contributed by atoms with van der Waals surface area (Å²) in [5, 5.41) is 4.28. The zero-order valence-electron chi connectivity index (χ0n) is 11.4. The van der Waals surface area contributed by atoms with Gasteiger partial charge in [-0.05, 0) is 30.7 Å². The van der Waals surface area contributed by atoms with Crippen LogP contribution in [0.5, 0.6) is 0 Å². The van der Waals surface area contributed by atoms with E-state index in [0.717, 1.165) is 18.0 Å². The topological polar surface area (TPSA) is 21.3 Å². The number of rotatable bonds is 5. The van der Waals surface area contributed by atoms with Crippen LogP contribution in [0.3, 0.4) is 0 Å². The van der Waals surface area contributed by atoms with Crippen LogP contribution < -0.4 is 5.32 Å². The molecule has 0 saturated heterocycles. The Morgan fingerprint density at radius 1 is 1.33 bits per heavy atom. The summed E-state index contributed by atoms with van der Waals surface area (Å²) in [6, 6.07) is 8.45. The second-order valence-corrected chi connectivity index (χ2v) is 6.03. The normalized spacial score (nSPS) is 25.8. The molecule has 2 rings (SSSR count). The number of hydrogen-bond donors (Lipinski definition) is 1. The minimum atomic E-state index is 0.225. The molecule has 1 aliphatic rings. The van der Waals surface area contributed by atoms with E-state index in [2.05, 4.69) is 26.1 Å². The van der Waals surface area contributed by atoms with Crippen LogP contribution in [-0.2, 0) is 11.3 Å². The minimum absolute atomic E-state index is 0.225. The Kier molecular flexibility index (Phi) is 4.31. The molecule has 2 atom stereocenters. The van der Waals surface area contributed by atoms with Gasteiger partial charge in [0.15, 0.2) is 0 Å². The molecule has 2 nitrogen and oxygen atoms in total. The molecule has 0 spiro atoms. The lowest BCUT2D eigenvalue weighted by atomic mass is 9.64. The lowest BCUT2D eigenvalue weighted by molar-refractivity contribution is -0.124. The van der Waals surface area contributed by atoms with Crippen molar-refractivity contribution in [1.29, 1.82) is 0 Å². The van der Waals surface area contributed by atoms with Crippen molar-refractivity contribution in [3.05, 3.63) is 34.9 Å². The molecule has 0 radical (unpaired) electrons. The number of ether oxygens (including phenoxy) is 1. The first-order valence-corrected chi connectivity index (χ1v) is 7.01. The van der Waals surface area contributed by atoms with Gasteiger partial charge in [0.25, 0.3) is 0 Å². The average Bonchev–Trinajstić information content (AvgIpc) is 2.35. The summed E-state index contributed by atoms with van der Waals surface area (Å²) < 4.78 is 6.01. The van der Waals surface area contributed by atoms with E-state index in [1.165, 1.54) is 5.56 Å². The van der Waals surface area contributed by atoms with Crippen molar-refractivity contribution >= 4 is 11.6 Å². The van der Waals surface area contributed by atoms with Crippen molar-refractivity contribution in [2.24, 2.45) is 5.41 Å². The third-order valence-electron chi connectivity index (χ3n) is 3.99. The van der Waals surface area contributed by atoms with Gasteiger partial charge >= 0.3 is 0 Å². The standard InChI is InChI=1S/C15H22ClNO/c1-4-17-13-9-14(15(13,2)3)18-10-11-5-7-12(16)8-6-11/h5-8,13-14,17H,4,9-10H2,1-3H3. The largest absolute Gasteiger partial charge is 0.373 e. The van der Waals surface area contributed by atoms with Gasteiger partial charge in [0.1, 0.15) is 0 Å². The quantitative estimate of drug-likeness (QED) is 0.880. The van der Waals surface area contributed by atoms with Crippen LogP contribution in [0.15, 0.2) is 24.3 Å². The van der Waals surface area contributed by atoms with Crippen molar-refractivity contribution in [3.63, 3.8) is 0 Å². The maximum atomic E-state index is 6.01. The molecular formula is C15H22ClNO. The third-order valence-corrected chi connectivity index (χ3v) is 4.24. The molecule has 1 aromatic carbocycles. The van der Waals surface area contributed by atoms with Crippen LogP contribution >= 0.6 is 11.6 Å². The molecule has 100 valence electrons. The molecule has 1 aliphatic carbocycles. The van der Waals surface area contributed by atoms with Crippen LogP contribution in [0.4, 0.5) is 0 Å². The van der Waals surface area contributed by atoms with Crippen molar-refractivity contribution in [2.75, 3.05) is 6.54 Å². The second-order valence-electron chi connectivity index (χ2n) is 5.59. The number of halogens is 1. The lowest BCUT2D eigenvalue weighted by Gasteiger charge is -2.52. The fourth-order valence-corrected chi connectivity index (χ4v) is 2.66. The Labute approximate surface area is 115 Å². The number of hydrogen-bond acceptors (Lipinski definition) is 2. The predicted octanol–water partition coefficient (Wildman–Crippen LogP) is 3.63. The molecule has 0 aromatic heterocycles. The number of benzene rings is 1. The maximum Gasteiger partial charge on any atom is 0.0720 e. The predicted molar refractivity (Wildman–Crippen MR) is 75.9 cm³/mol. The van der Waals surface area contributed by atoms with Gasteiger partial charge in [0, 0.05) is 16.5 Å². The zero-order valence-corrected chi connectivity index (χ0v) is 12.1. The Morgan fingerprint density at radius 2 is 2.00 bits per heavy atom. The maximum absolute atomic E-state index is 6.01. The van der Waals surface area contributed by atoms with E-state index in [1.807, 2.05) is 24.3 Å². The molecule has 3 heteroatoms. The zero-order chi connectivity index (χ0) is 13.2. The van der Waals surface area contributed by atoms with Crippen LogP contribution in [0.1, 0.15) is 32.8 Å². The highest BCUT2D eigenvalue weighted by Gasteiger charge is 2.48.